The van der Waals surface area contributed by atoms with Crippen molar-refractivity contribution in [1.82, 2.24) is 10.6 Å². The first-order valence-electron chi connectivity index (χ1n) is 7.07. The number of benzene rings is 1. The molecule has 23 heavy (non-hydrogen) atoms. The third-order valence-electron chi connectivity index (χ3n) is 3.15. The molecule has 0 aromatic heterocycles. The van der Waals surface area contributed by atoms with Crippen LogP contribution in [0.5, 0.6) is 0 Å². The van der Waals surface area contributed by atoms with Gasteiger partial charge in [0.05, 0.1) is 19.5 Å². The monoisotopic (exact) mass is 363 g/mol. The Kier molecular flexibility index (Phi) is 7.77. The molecule has 1 aromatic carbocycles. The molecule has 1 amide bonds. The van der Waals surface area contributed by atoms with Crippen molar-refractivity contribution < 1.29 is 17.9 Å². The second kappa shape index (κ2) is 9.07. The molecule has 0 saturated carbocycles. The zero-order valence-corrected chi connectivity index (χ0v) is 14.5. The second-order valence-corrected chi connectivity index (χ2v) is 7.03. The number of anilines is 1. The van der Waals surface area contributed by atoms with Gasteiger partial charge in [-0.25, -0.2) is 8.42 Å². The fraction of sp³-hybridized carbons (Fsp3) is 0.500. The highest BCUT2D eigenvalue weighted by Crippen LogP contribution is 2.12. The molecule has 0 aliphatic carbocycles. The van der Waals surface area contributed by atoms with Crippen LogP contribution in [0.3, 0.4) is 0 Å². The maximum Gasteiger partial charge on any atom is 0.229 e. The van der Waals surface area contributed by atoms with Crippen LogP contribution in [0, 0.1) is 0 Å². The van der Waals surface area contributed by atoms with E-state index in [0.717, 1.165) is 18.4 Å². The van der Waals surface area contributed by atoms with Crippen molar-refractivity contribution in [1.29, 1.82) is 0 Å². The number of rotatable bonds is 6. The van der Waals surface area contributed by atoms with Crippen LogP contribution in [0.25, 0.3) is 0 Å². The third kappa shape index (κ3) is 7.65. The summed E-state index contributed by atoms with van der Waals surface area (Å²) in [5.41, 5.74) is 1.31. The molecule has 1 aliphatic rings. The molecule has 0 radical (unpaired) electrons. The standard InChI is InChI=1S/C14H21N3O4S.ClH/c1-22(19,20)17-12-4-2-3-11(7-12)9-16-14(18)8-13-10-21-6-5-15-13;/h2-4,7,13,15,17H,5-6,8-10H2,1H3,(H,16,18);1H. The number of carbonyl (C=O) groups excluding carboxylic acids is 1. The smallest absolute Gasteiger partial charge is 0.229 e. The van der Waals surface area contributed by atoms with Crippen molar-refractivity contribution in [3.63, 3.8) is 0 Å². The lowest BCUT2D eigenvalue weighted by molar-refractivity contribution is -0.122. The highest BCUT2D eigenvalue weighted by atomic mass is 35.5. The zero-order chi connectivity index (χ0) is 16.0. The summed E-state index contributed by atoms with van der Waals surface area (Å²) >= 11 is 0. The van der Waals surface area contributed by atoms with E-state index < -0.39 is 10.0 Å². The van der Waals surface area contributed by atoms with E-state index >= 15 is 0 Å². The summed E-state index contributed by atoms with van der Waals surface area (Å²) in [6.07, 6.45) is 1.46. The predicted molar refractivity (Wildman–Crippen MR) is 91.2 cm³/mol. The Morgan fingerprint density at radius 3 is 2.87 bits per heavy atom. The third-order valence-corrected chi connectivity index (χ3v) is 3.76. The van der Waals surface area contributed by atoms with Crippen molar-refractivity contribution in [2.75, 3.05) is 30.7 Å². The van der Waals surface area contributed by atoms with E-state index in [9.17, 15) is 13.2 Å². The maximum atomic E-state index is 11.9. The Balaban J connectivity index is 0.00000264. The Labute approximate surface area is 142 Å². The van der Waals surface area contributed by atoms with Crippen LogP contribution in [0.2, 0.25) is 0 Å². The molecule has 1 atom stereocenters. The van der Waals surface area contributed by atoms with E-state index in [1.807, 2.05) is 6.07 Å². The lowest BCUT2D eigenvalue weighted by Gasteiger charge is -2.23. The SMILES string of the molecule is CS(=O)(=O)Nc1cccc(CNC(=O)CC2COCCN2)c1.Cl. The fourth-order valence-corrected chi connectivity index (χ4v) is 2.76. The average molecular weight is 364 g/mol. The lowest BCUT2D eigenvalue weighted by atomic mass is 10.1. The molecule has 0 spiro atoms. The quantitative estimate of drug-likeness (QED) is 0.683. The molecule has 0 bridgehead atoms. The van der Waals surface area contributed by atoms with Gasteiger partial charge < -0.3 is 15.4 Å². The predicted octanol–water partition coefficient (Wildman–Crippen LogP) is 0.475. The van der Waals surface area contributed by atoms with Crippen LogP contribution < -0.4 is 15.4 Å². The molecule has 1 saturated heterocycles. The average Bonchev–Trinajstić information content (AvgIpc) is 2.45. The van der Waals surface area contributed by atoms with Crippen LogP contribution in [-0.2, 0) is 26.1 Å². The maximum absolute atomic E-state index is 11.9. The van der Waals surface area contributed by atoms with Crippen LogP contribution in [-0.4, -0.2) is 46.4 Å². The summed E-state index contributed by atoms with van der Waals surface area (Å²) in [5.74, 6) is -0.0653. The van der Waals surface area contributed by atoms with E-state index in [2.05, 4.69) is 15.4 Å². The molecule has 1 aromatic rings. The Bertz CT molecular complexity index is 618. The van der Waals surface area contributed by atoms with E-state index in [0.29, 0.717) is 31.9 Å². The van der Waals surface area contributed by atoms with E-state index in [-0.39, 0.29) is 24.4 Å². The molecule has 1 heterocycles. The Morgan fingerprint density at radius 1 is 1.43 bits per heavy atom. The minimum Gasteiger partial charge on any atom is -0.378 e. The van der Waals surface area contributed by atoms with E-state index in [1.54, 1.807) is 18.2 Å². The summed E-state index contributed by atoms with van der Waals surface area (Å²) in [7, 11) is -3.30. The second-order valence-electron chi connectivity index (χ2n) is 5.28. The number of ether oxygens (including phenoxy) is 1. The van der Waals surface area contributed by atoms with Crippen molar-refractivity contribution >= 4 is 34.0 Å². The Hall–Kier alpha value is -1.35. The number of halogens is 1. The van der Waals surface area contributed by atoms with Crippen LogP contribution in [0.15, 0.2) is 24.3 Å². The van der Waals surface area contributed by atoms with Gasteiger partial charge in [-0.1, -0.05) is 12.1 Å². The zero-order valence-electron chi connectivity index (χ0n) is 12.9. The summed E-state index contributed by atoms with van der Waals surface area (Å²) in [6, 6.07) is 6.98. The van der Waals surface area contributed by atoms with Gasteiger partial charge in [-0.05, 0) is 17.7 Å². The molecule has 9 heteroatoms. The fourth-order valence-electron chi connectivity index (χ4n) is 2.21. The van der Waals surface area contributed by atoms with Gasteiger partial charge in [0.15, 0.2) is 0 Å². The van der Waals surface area contributed by atoms with Crippen molar-refractivity contribution in [3.8, 4) is 0 Å². The van der Waals surface area contributed by atoms with Gasteiger partial charge in [-0.2, -0.15) is 0 Å². The number of sulfonamides is 1. The highest BCUT2D eigenvalue weighted by molar-refractivity contribution is 7.92. The number of hydrogen-bond acceptors (Lipinski definition) is 5. The van der Waals surface area contributed by atoms with E-state index in [1.165, 1.54) is 0 Å². The van der Waals surface area contributed by atoms with Gasteiger partial charge in [0.1, 0.15) is 0 Å². The molecule has 1 fully saturated rings. The van der Waals surface area contributed by atoms with E-state index in [4.69, 9.17) is 4.74 Å². The van der Waals surface area contributed by atoms with Crippen LogP contribution >= 0.6 is 12.4 Å². The van der Waals surface area contributed by atoms with Crippen molar-refractivity contribution in [2.45, 2.75) is 19.0 Å². The Morgan fingerprint density at radius 2 is 2.22 bits per heavy atom. The van der Waals surface area contributed by atoms with Crippen molar-refractivity contribution in [2.24, 2.45) is 0 Å². The van der Waals surface area contributed by atoms with Crippen molar-refractivity contribution in [3.05, 3.63) is 29.8 Å². The lowest BCUT2D eigenvalue weighted by Crippen LogP contribution is -2.44. The number of amides is 1. The van der Waals surface area contributed by atoms with Gasteiger partial charge in [0, 0.05) is 31.2 Å². The molecular formula is C14H22ClN3O4S. The molecule has 2 rings (SSSR count). The summed E-state index contributed by atoms with van der Waals surface area (Å²) < 4.78 is 30.1. The largest absolute Gasteiger partial charge is 0.378 e. The van der Waals surface area contributed by atoms with Gasteiger partial charge in [0.25, 0.3) is 0 Å². The molecule has 1 unspecified atom stereocenters. The first-order valence-corrected chi connectivity index (χ1v) is 8.96. The molecule has 1 aliphatic heterocycles. The molecular weight excluding hydrogens is 342 g/mol. The first kappa shape index (κ1) is 19.7. The summed E-state index contributed by atoms with van der Waals surface area (Å²) in [6.45, 7) is 2.34. The number of hydrogen-bond donors (Lipinski definition) is 3. The summed E-state index contributed by atoms with van der Waals surface area (Å²) in [5, 5.41) is 6.05. The topological polar surface area (TPSA) is 96.5 Å². The van der Waals surface area contributed by atoms with Crippen LogP contribution in [0.4, 0.5) is 5.69 Å². The number of nitrogens with one attached hydrogen (secondary N) is 3. The van der Waals surface area contributed by atoms with Gasteiger partial charge in [-0.3, -0.25) is 9.52 Å². The highest BCUT2D eigenvalue weighted by Gasteiger charge is 2.16. The molecule has 3 N–H and O–H groups in total. The van der Waals surface area contributed by atoms with Crippen LogP contribution in [0.1, 0.15) is 12.0 Å². The van der Waals surface area contributed by atoms with Gasteiger partial charge in [-0.15, -0.1) is 12.4 Å². The number of morpholine rings is 1. The molecule has 130 valence electrons. The molecule has 7 nitrogen and oxygen atoms in total. The number of carbonyl (C=O) groups is 1. The summed E-state index contributed by atoms with van der Waals surface area (Å²) in [4.78, 5) is 11.9. The minimum absolute atomic E-state index is 0. The minimum atomic E-state index is -3.30. The normalized spacial score (nSPS) is 17.9. The van der Waals surface area contributed by atoms with Gasteiger partial charge >= 0.3 is 0 Å². The van der Waals surface area contributed by atoms with Gasteiger partial charge in [0.2, 0.25) is 15.9 Å². The first-order chi connectivity index (χ1) is 10.4.